The van der Waals surface area contributed by atoms with E-state index in [2.05, 4.69) is 22.6 Å². The molecule has 0 bridgehead atoms. The molecule has 6 nitrogen and oxygen atoms in total. The molecule has 1 rings (SSSR count). The van der Waals surface area contributed by atoms with E-state index >= 15 is 0 Å². The van der Waals surface area contributed by atoms with E-state index < -0.39 is 18.0 Å². The third-order valence-corrected chi connectivity index (χ3v) is 3.64. The molecule has 0 spiro atoms. The summed E-state index contributed by atoms with van der Waals surface area (Å²) < 4.78 is 0. The lowest BCUT2D eigenvalue weighted by molar-refractivity contribution is -0.140. The summed E-state index contributed by atoms with van der Waals surface area (Å²) in [6.45, 7) is 5.16. The van der Waals surface area contributed by atoms with Gasteiger partial charge in [-0.2, -0.15) is 0 Å². The Labute approximate surface area is 114 Å². The summed E-state index contributed by atoms with van der Waals surface area (Å²) in [7, 11) is 2.05. The largest absolute Gasteiger partial charge is 0.480 e. The van der Waals surface area contributed by atoms with Crippen LogP contribution in [0.25, 0.3) is 0 Å². The Morgan fingerprint density at radius 1 is 1.37 bits per heavy atom. The van der Waals surface area contributed by atoms with E-state index in [1.165, 1.54) is 12.8 Å². The van der Waals surface area contributed by atoms with Crippen LogP contribution in [0.1, 0.15) is 33.1 Å². The van der Waals surface area contributed by atoms with Crippen LogP contribution in [0.5, 0.6) is 0 Å². The zero-order valence-electron chi connectivity index (χ0n) is 12.0. The minimum atomic E-state index is -1.00. The second kappa shape index (κ2) is 7.33. The van der Waals surface area contributed by atoms with Crippen LogP contribution in [0, 0.1) is 5.92 Å². The standard InChI is InChI=1S/C13H25N3O3/c1-9(2)11(12(17)18)15-13(19)14-8-10-6-4-5-7-16(10)3/h9-11H,4-8H2,1-3H3,(H,17,18)(H2,14,15,19)/t10?,11-/m0/s1. The van der Waals surface area contributed by atoms with E-state index in [4.69, 9.17) is 5.11 Å². The molecular weight excluding hydrogens is 246 g/mol. The van der Waals surface area contributed by atoms with Crippen LogP contribution in [0.2, 0.25) is 0 Å². The monoisotopic (exact) mass is 271 g/mol. The van der Waals surface area contributed by atoms with Gasteiger partial charge in [-0.3, -0.25) is 0 Å². The van der Waals surface area contributed by atoms with Gasteiger partial charge in [0.2, 0.25) is 0 Å². The van der Waals surface area contributed by atoms with Gasteiger partial charge in [0.25, 0.3) is 0 Å². The first kappa shape index (κ1) is 15.8. The second-order valence-electron chi connectivity index (χ2n) is 5.54. The molecule has 0 aromatic heterocycles. The predicted octanol–water partition coefficient (Wildman–Crippen LogP) is 0.879. The normalized spacial score (nSPS) is 22.0. The van der Waals surface area contributed by atoms with Gasteiger partial charge < -0.3 is 20.6 Å². The first-order valence-electron chi connectivity index (χ1n) is 6.89. The van der Waals surface area contributed by atoms with Crippen LogP contribution >= 0.6 is 0 Å². The van der Waals surface area contributed by atoms with E-state index in [0.29, 0.717) is 12.6 Å². The Kier molecular flexibility index (Phi) is 6.08. The zero-order chi connectivity index (χ0) is 14.4. The average molecular weight is 271 g/mol. The summed E-state index contributed by atoms with van der Waals surface area (Å²) in [4.78, 5) is 24.9. The molecule has 1 aliphatic rings. The number of urea groups is 1. The molecular formula is C13H25N3O3. The fourth-order valence-electron chi connectivity index (χ4n) is 2.32. The number of carboxylic acids is 1. The van der Waals surface area contributed by atoms with Crippen molar-refractivity contribution in [2.75, 3.05) is 20.1 Å². The molecule has 1 saturated heterocycles. The number of carbonyl (C=O) groups is 2. The Morgan fingerprint density at radius 3 is 2.58 bits per heavy atom. The highest BCUT2D eigenvalue weighted by Crippen LogP contribution is 2.13. The van der Waals surface area contributed by atoms with Crippen molar-refractivity contribution in [3.05, 3.63) is 0 Å². The first-order chi connectivity index (χ1) is 8.91. The molecule has 6 heteroatoms. The minimum Gasteiger partial charge on any atom is -0.480 e. The summed E-state index contributed by atoms with van der Waals surface area (Å²) in [5, 5.41) is 14.3. The molecule has 1 heterocycles. The summed E-state index contributed by atoms with van der Waals surface area (Å²) in [6, 6.07) is -0.897. The minimum absolute atomic E-state index is 0.138. The maximum Gasteiger partial charge on any atom is 0.326 e. The average Bonchev–Trinajstić information content (AvgIpc) is 2.34. The third kappa shape index (κ3) is 5.06. The number of aliphatic carboxylic acids is 1. The Morgan fingerprint density at radius 2 is 2.05 bits per heavy atom. The first-order valence-corrected chi connectivity index (χ1v) is 6.89. The number of hydrogen-bond acceptors (Lipinski definition) is 3. The van der Waals surface area contributed by atoms with E-state index in [1.807, 2.05) is 0 Å². The summed E-state index contributed by atoms with van der Waals surface area (Å²) in [5.74, 6) is -1.14. The van der Waals surface area contributed by atoms with Crippen molar-refractivity contribution in [3.63, 3.8) is 0 Å². The van der Waals surface area contributed by atoms with Crippen LogP contribution in [0.4, 0.5) is 4.79 Å². The fraction of sp³-hybridized carbons (Fsp3) is 0.846. The maximum atomic E-state index is 11.7. The second-order valence-corrected chi connectivity index (χ2v) is 5.54. The van der Waals surface area contributed by atoms with Crippen molar-refractivity contribution in [1.82, 2.24) is 15.5 Å². The van der Waals surface area contributed by atoms with E-state index in [1.54, 1.807) is 13.8 Å². The molecule has 2 amide bonds. The summed E-state index contributed by atoms with van der Waals surface area (Å²) >= 11 is 0. The van der Waals surface area contributed by atoms with Gasteiger partial charge in [-0.05, 0) is 32.4 Å². The van der Waals surface area contributed by atoms with Gasteiger partial charge in [0.05, 0.1) is 0 Å². The Bertz CT molecular complexity index is 320. The summed E-state index contributed by atoms with van der Waals surface area (Å²) in [5.41, 5.74) is 0. The van der Waals surface area contributed by atoms with Crippen molar-refractivity contribution in [3.8, 4) is 0 Å². The van der Waals surface area contributed by atoms with Crippen molar-refractivity contribution >= 4 is 12.0 Å². The van der Waals surface area contributed by atoms with Crippen LogP contribution < -0.4 is 10.6 Å². The highest BCUT2D eigenvalue weighted by Gasteiger charge is 2.24. The number of hydrogen-bond donors (Lipinski definition) is 3. The number of likely N-dealkylation sites (tertiary alicyclic amines) is 1. The number of rotatable bonds is 5. The van der Waals surface area contributed by atoms with Crippen molar-refractivity contribution in [1.29, 1.82) is 0 Å². The highest BCUT2D eigenvalue weighted by molar-refractivity contribution is 5.82. The van der Waals surface area contributed by atoms with Gasteiger partial charge in [0, 0.05) is 12.6 Å². The van der Waals surface area contributed by atoms with Crippen LogP contribution in [0.3, 0.4) is 0 Å². The van der Waals surface area contributed by atoms with Gasteiger partial charge in [-0.25, -0.2) is 9.59 Å². The molecule has 1 unspecified atom stereocenters. The van der Waals surface area contributed by atoms with Crippen molar-refractivity contribution < 1.29 is 14.7 Å². The van der Waals surface area contributed by atoms with Gasteiger partial charge in [-0.15, -0.1) is 0 Å². The molecule has 1 fully saturated rings. The number of carboxylic acid groups (broad SMARTS) is 1. The molecule has 2 atom stereocenters. The van der Waals surface area contributed by atoms with Gasteiger partial charge >= 0.3 is 12.0 Å². The number of amides is 2. The maximum absolute atomic E-state index is 11.7. The molecule has 19 heavy (non-hydrogen) atoms. The molecule has 110 valence electrons. The quantitative estimate of drug-likeness (QED) is 0.693. The van der Waals surface area contributed by atoms with Crippen LogP contribution in [0.15, 0.2) is 0 Å². The molecule has 0 aromatic rings. The third-order valence-electron chi connectivity index (χ3n) is 3.64. The molecule has 1 aliphatic heterocycles. The topological polar surface area (TPSA) is 81.7 Å². The van der Waals surface area contributed by atoms with E-state index in [9.17, 15) is 9.59 Å². The zero-order valence-corrected chi connectivity index (χ0v) is 12.0. The highest BCUT2D eigenvalue weighted by atomic mass is 16.4. The molecule has 0 aliphatic carbocycles. The van der Waals surface area contributed by atoms with Gasteiger partial charge in [-0.1, -0.05) is 20.3 Å². The smallest absolute Gasteiger partial charge is 0.326 e. The number of nitrogens with one attached hydrogen (secondary N) is 2. The van der Waals surface area contributed by atoms with Gasteiger partial charge in [0.1, 0.15) is 6.04 Å². The number of nitrogens with zero attached hydrogens (tertiary/aromatic N) is 1. The number of piperidine rings is 1. The van der Waals surface area contributed by atoms with E-state index in [-0.39, 0.29) is 5.92 Å². The lowest BCUT2D eigenvalue weighted by Crippen LogP contribution is -2.52. The van der Waals surface area contributed by atoms with Crippen molar-refractivity contribution in [2.24, 2.45) is 5.92 Å². The molecule has 3 N–H and O–H groups in total. The number of likely N-dealkylation sites (N-methyl/N-ethyl adjacent to an activating group) is 1. The van der Waals surface area contributed by atoms with Crippen LogP contribution in [-0.4, -0.2) is 54.2 Å². The lowest BCUT2D eigenvalue weighted by atomic mass is 10.0. The Balaban J connectivity index is 2.36. The van der Waals surface area contributed by atoms with E-state index in [0.717, 1.165) is 13.0 Å². The lowest BCUT2D eigenvalue weighted by Gasteiger charge is -2.32. The predicted molar refractivity (Wildman–Crippen MR) is 73.1 cm³/mol. The number of carbonyl (C=O) groups excluding carboxylic acids is 1. The summed E-state index contributed by atoms with van der Waals surface area (Å²) in [6.07, 6.45) is 3.46. The molecule has 0 aromatic carbocycles. The van der Waals surface area contributed by atoms with Crippen molar-refractivity contribution in [2.45, 2.75) is 45.2 Å². The molecule has 0 saturated carbocycles. The SMILES string of the molecule is CC(C)[C@H](NC(=O)NCC1CCCCN1C)C(=O)O. The van der Waals surface area contributed by atoms with Crippen LogP contribution in [-0.2, 0) is 4.79 Å². The van der Waals surface area contributed by atoms with Gasteiger partial charge in [0.15, 0.2) is 0 Å². The Hall–Kier alpha value is -1.30. The fourth-order valence-corrected chi connectivity index (χ4v) is 2.32. The molecule has 0 radical (unpaired) electrons.